The van der Waals surface area contributed by atoms with Gasteiger partial charge in [-0.05, 0) is 62.6 Å². The number of aromatic carboxylic acids is 1. The van der Waals surface area contributed by atoms with Gasteiger partial charge in [-0.15, -0.1) is 0 Å². The van der Waals surface area contributed by atoms with Crippen LogP contribution < -0.4 is 5.32 Å². The maximum absolute atomic E-state index is 12.1. The van der Waals surface area contributed by atoms with Gasteiger partial charge in [0.2, 0.25) is 5.91 Å². The van der Waals surface area contributed by atoms with Gasteiger partial charge >= 0.3 is 5.97 Å². The third-order valence-corrected chi connectivity index (χ3v) is 7.97. The number of carbonyl (C=O) groups excluding carboxylic acids is 2. The van der Waals surface area contributed by atoms with Crippen molar-refractivity contribution in [3.63, 3.8) is 0 Å². The molecule has 6 nitrogen and oxygen atoms in total. The van der Waals surface area contributed by atoms with E-state index in [2.05, 4.69) is 79.1 Å². The maximum atomic E-state index is 12.1. The van der Waals surface area contributed by atoms with Crippen molar-refractivity contribution in [3.05, 3.63) is 102 Å². The van der Waals surface area contributed by atoms with E-state index < -0.39 is 5.97 Å². The summed E-state index contributed by atoms with van der Waals surface area (Å²) in [5.41, 5.74) is 0.346. The summed E-state index contributed by atoms with van der Waals surface area (Å²) in [5, 5.41) is 21.5. The van der Waals surface area contributed by atoms with E-state index in [4.69, 9.17) is 5.11 Å². The van der Waals surface area contributed by atoms with E-state index in [1.165, 1.54) is 33.7 Å². The van der Waals surface area contributed by atoms with Gasteiger partial charge in [0.1, 0.15) is 17.1 Å². The number of Topliss-reactive ketones (excluding diaryl/α,β-unsaturated/α-hetero) is 1. The molecule has 0 heterocycles. The molecule has 0 fully saturated rings. The van der Waals surface area contributed by atoms with Gasteiger partial charge in [-0.3, -0.25) is 9.59 Å². The molecule has 0 aliphatic rings. The number of hydrogen-bond acceptors (Lipinski definition) is 6. The Bertz CT molecular complexity index is 1120. The number of nitrogens with one attached hydrogen (secondary N) is 1. The van der Waals surface area contributed by atoms with Crippen molar-refractivity contribution in [2.24, 2.45) is 0 Å². The average molecular weight is 612 g/mol. The number of phenols is 1. The Morgan fingerprint density at radius 3 is 1.88 bits per heavy atom. The third-order valence-electron chi connectivity index (χ3n) is 5.64. The van der Waals surface area contributed by atoms with Crippen molar-refractivity contribution in [2.45, 2.75) is 64.7 Å². The molecule has 42 heavy (non-hydrogen) atoms. The zero-order chi connectivity index (χ0) is 30.7. The number of carbonyl (C=O) groups is 3. The second kappa shape index (κ2) is 25.5. The lowest BCUT2D eigenvalue weighted by molar-refractivity contribution is -0.121. The number of carboxylic acids is 1. The molecule has 0 radical (unpaired) electrons. The van der Waals surface area contributed by atoms with Crippen LogP contribution in [0.4, 0.5) is 0 Å². The summed E-state index contributed by atoms with van der Waals surface area (Å²) in [5.74, 6) is -0.599. The van der Waals surface area contributed by atoms with Crippen molar-refractivity contribution >= 4 is 39.2 Å². The maximum Gasteiger partial charge on any atom is 0.339 e. The second-order valence-electron chi connectivity index (χ2n) is 9.26. The monoisotopic (exact) mass is 611 g/mol. The van der Waals surface area contributed by atoms with Gasteiger partial charge in [-0.25, -0.2) is 4.79 Å². The molecule has 1 amide bonds. The zero-order valence-corrected chi connectivity index (χ0v) is 26.2. The first kappa shape index (κ1) is 36.8. The highest BCUT2D eigenvalue weighted by Gasteiger charge is 2.12. The first-order valence-electron chi connectivity index (χ1n) is 14.4. The minimum absolute atomic E-state index is 0.0118. The SMILES string of the molecule is CC/C=C\C/C=C\C/C=C\C/C=C\C/C=C\C/C=C\CCC(=O)NCCSSCC(=O)Cc1ccc(O)c(C(=O)O)c1. The molecule has 3 N–H and O–H groups in total. The van der Waals surface area contributed by atoms with Gasteiger partial charge in [0.15, 0.2) is 0 Å². The predicted molar refractivity (Wildman–Crippen MR) is 179 cm³/mol. The van der Waals surface area contributed by atoms with E-state index in [-0.39, 0.29) is 35.2 Å². The molecule has 0 aliphatic carbocycles. The van der Waals surface area contributed by atoms with E-state index in [0.29, 0.717) is 30.7 Å². The van der Waals surface area contributed by atoms with E-state index in [9.17, 15) is 19.5 Å². The largest absolute Gasteiger partial charge is 0.507 e. The summed E-state index contributed by atoms with van der Waals surface area (Å²) >= 11 is 0. The fourth-order valence-electron chi connectivity index (χ4n) is 3.48. The van der Waals surface area contributed by atoms with Crippen molar-refractivity contribution in [1.29, 1.82) is 0 Å². The van der Waals surface area contributed by atoms with Crippen molar-refractivity contribution < 1.29 is 24.6 Å². The van der Waals surface area contributed by atoms with Crippen LogP contribution in [0.15, 0.2) is 91.1 Å². The van der Waals surface area contributed by atoms with E-state index >= 15 is 0 Å². The summed E-state index contributed by atoms with van der Waals surface area (Å²) in [4.78, 5) is 35.2. The quantitative estimate of drug-likeness (QED) is 0.0651. The van der Waals surface area contributed by atoms with Crippen LogP contribution in [0.2, 0.25) is 0 Å². The molecule has 0 bridgehead atoms. The molecule has 228 valence electrons. The fraction of sp³-hybridized carbons (Fsp3) is 0.382. The number of carboxylic acid groups (broad SMARTS) is 1. The highest BCUT2D eigenvalue weighted by atomic mass is 33.1. The topological polar surface area (TPSA) is 104 Å². The number of benzene rings is 1. The molecular weight excluding hydrogens is 567 g/mol. The number of aromatic hydroxyl groups is 1. The van der Waals surface area contributed by atoms with Crippen LogP contribution in [-0.4, -0.2) is 45.9 Å². The van der Waals surface area contributed by atoms with Crippen molar-refractivity contribution in [3.8, 4) is 5.75 Å². The van der Waals surface area contributed by atoms with Crippen LogP contribution in [0.1, 0.15) is 74.2 Å². The Labute approximate surface area is 259 Å². The third kappa shape index (κ3) is 20.6. The normalized spacial score (nSPS) is 12.2. The number of rotatable bonds is 23. The lowest BCUT2D eigenvalue weighted by Gasteiger charge is -2.05. The molecule has 8 heteroatoms. The molecule has 0 aliphatic heterocycles. The zero-order valence-electron chi connectivity index (χ0n) is 24.6. The Hall–Kier alpha value is -3.23. The summed E-state index contributed by atoms with van der Waals surface area (Å²) in [6.07, 6.45) is 33.0. The summed E-state index contributed by atoms with van der Waals surface area (Å²) < 4.78 is 0. The van der Waals surface area contributed by atoms with E-state index in [1.54, 1.807) is 6.07 Å². The molecule has 0 saturated heterocycles. The van der Waals surface area contributed by atoms with Crippen LogP contribution >= 0.6 is 21.6 Å². The smallest absolute Gasteiger partial charge is 0.339 e. The van der Waals surface area contributed by atoms with Crippen molar-refractivity contribution in [2.75, 3.05) is 18.1 Å². The van der Waals surface area contributed by atoms with Gasteiger partial charge in [-0.2, -0.15) is 0 Å². The molecule has 1 aromatic rings. The minimum Gasteiger partial charge on any atom is -0.507 e. The van der Waals surface area contributed by atoms with Crippen molar-refractivity contribution in [1.82, 2.24) is 5.32 Å². The fourth-order valence-corrected chi connectivity index (χ4v) is 5.35. The molecule has 0 aromatic heterocycles. The first-order valence-corrected chi connectivity index (χ1v) is 16.9. The Morgan fingerprint density at radius 1 is 0.786 bits per heavy atom. The van der Waals surface area contributed by atoms with E-state index in [0.717, 1.165) is 38.5 Å². The summed E-state index contributed by atoms with van der Waals surface area (Å²) in [6.45, 7) is 2.68. The van der Waals surface area contributed by atoms with Gasteiger partial charge in [0.05, 0.1) is 5.75 Å². The Kier molecular flexibility index (Phi) is 22.3. The molecule has 0 spiro atoms. The lowest BCUT2D eigenvalue weighted by atomic mass is 10.1. The number of hydrogen-bond donors (Lipinski definition) is 3. The second-order valence-corrected chi connectivity index (χ2v) is 11.8. The van der Waals surface area contributed by atoms with Gasteiger partial charge in [0.25, 0.3) is 0 Å². The lowest BCUT2D eigenvalue weighted by Crippen LogP contribution is -2.25. The molecular formula is C34H45NO5S2. The van der Waals surface area contributed by atoms with Crippen LogP contribution in [-0.2, 0) is 16.0 Å². The molecule has 0 atom stereocenters. The Balaban J connectivity index is 2.00. The van der Waals surface area contributed by atoms with Gasteiger partial charge in [0, 0.05) is 25.1 Å². The number of amides is 1. The highest BCUT2D eigenvalue weighted by Crippen LogP contribution is 2.22. The average Bonchev–Trinajstić information content (AvgIpc) is 2.97. The van der Waals surface area contributed by atoms with Crippen LogP contribution in [0.25, 0.3) is 0 Å². The number of allylic oxidation sites excluding steroid dienone is 12. The van der Waals surface area contributed by atoms with E-state index in [1.807, 2.05) is 6.08 Å². The van der Waals surface area contributed by atoms with Crippen LogP contribution in [0, 0.1) is 0 Å². The van der Waals surface area contributed by atoms with Gasteiger partial charge < -0.3 is 15.5 Å². The highest BCUT2D eigenvalue weighted by molar-refractivity contribution is 8.76. The predicted octanol–water partition coefficient (Wildman–Crippen LogP) is 8.18. The van der Waals surface area contributed by atoms with Crippen LogP contribution in [0.5, 0.6) is 5.75 Å². The Morgan fingerprint density at radius 2 is 1.33 bits per heavy atom. The van der Waals surface area contributed by atoms with Crippen LogP contribution in [0.3, 0.4) is 0 Å². The minimum atomic E-state index is -1.23. The standard InChI is InChI=1S/C34H45NO5S2/c1-2-3-4-5-6-7-8-9-10-11-12-13-14-15-16-17-18-19-20-21-33(38)35-24-25-41-42-28-30(36)26-29-22-23-32(37)31(27-29)34(39)40/h3-4,6-7,9-10,12-13,15-16,18-19,22-23,27,37H,2,5,8,11,14,17,20-21,24-26,28H2,1H3,(H,35,38)(H,39,40)/b4-3-,7-6-,10-9-,13-12-,16-15-,19-18-. The molecule has 0 unspecified atom stereocenters. The summed E-state index contributed by atoms with van der Waals surface area (Å²) in [7, 11) is 2.92. The first-order chi connectivity index (χ1) is 20.4. The summed E-state index contributed by atoms with van der Waals surface area (Å²) in [6, 6.07) is 4.16. The van der Waals surface area contributed by atoms with Gasteiger partial charge in [-0.1, -0.05) is 107 Å². The number of ketones is 1. The molecule has 0 saturated carbocycles. The molecule has 1 rings (SSSR count). The molecule has 1 aromatic carbocycles.